The largest absolute Gasteiger partial charge is 0.297 e. The Balaban J connectivity index is 2.61. The van der Waals surface area contributed by atoms with E-state index < -0.39 is 0 Å². The molecule has 0 aliphatic carbocycles. The van der Waals surface area contributed by atoms with Gasteiger partial charge >= 0.3 is 0 Å². The average Bonchev–Trinajstić information content (AvgIpc) is 2.29. The maximum absolute atomic E-state index is 5.85. The minimum atomic E-state index is 0.149. The highest BCUT2D eigenvalue weighted by atomic mass is 35.5. The van der Waals surface area contributed by atoms with Gasteiger partial charge in [-0.05, 0) is 31.0 Å². The third kappa shape index (κ3) is 3.89. The first kappa shape index (κ1) is 13.1. The van der Waals surface area contributed by atoms with E-state index in [4.69, 9.17) is 18.0 Å². The highest BCUT2D eigenvalue weighted by molar-refractivity contribution is 6.30. The molecule has 0 radical (unpaired) electrons. The molecule has 1 N–H and O–H groups in total. The Kier molecular flexibility index (Phi) is 5.38. The molecule has 0 fully saturated rings. The summed E-state index contributed by atoms with van der Waals surface area (Å²) >= 11 is 5.85. The lowest BCUT2D eigenvalue weighted by Crippen LogP contribution is -2.30. The van der Waals surface area contributed by atoms with E-state index in [1.165, 1.54) is 5.56 Å². The van der Waals surface area contributed by atoms with Gasteiger partial charge in [-0.3, -0.25) is 5.32 Å². The smallest absolute Gasteiger partial charge is 0.0691 e. The second-order valence-corrected chi connectivity index (χ2v) is 4.38. The highest BCUT2D eigenvalue weighted by Gasteiger charge is 2.09. The molecule has 1 nitrogen and oxygen atoms in total. The minimum Gasteiger partial charge on any atom is -0.297 e. The predicted molar refractivity (Wildman–Crippen MR) is 70.5 cm³/mol. The van der Waals surface area contributed by atoms with Gasteiger partial charge in [0.05, 0.1) is 6.04 Å². The number of hydrogen-bond acceptors (Lipinski definition) is 1. The highest BCUT2D eigenvalue weighted by Crippen LogP contribution is 2.17. The van der Waals surface area contributed by atoms with Gasteiger partial charge in [0.25, 0.3) is 0 Å². The Morgan fingerprint density at radius 3 is 2.50 bits per heavy atom. The average molecular weight is 236 g/mol. The zero-order valence-electron chi connectivity index (χ0n) is 9.83. The van der Waals surface area contributed by atoms with E-state index in [0.29, 0.717) is 0 Å². The fourth-order valence-corrected chi connectivity index (χ4v) is 1.78. The Hall–Kier alpha value is -0.970. The minimum absolute atomic E-state index is 0.149. The Morgan fingerprint density at radius 2 is 2.00 bits per heavy atom. The Bertz CT molecular complexity index is 350. The zero-order valence-corrected chi connectivity index (χ0v) is 10.6. The van der Waals surface area contributed by atoms with Crippen LogP contribution in [0.15, 0.2) is 24.3 Å². The third-order valence-electron chi connectivity index (χ3n) is 2.60. The predicted octanol–water partition coefficient (Wildman–Crippen LogP) is 3.79. The van der Waals surface area contributed by atoms with Crippen molar-refractivity contribution in [1.82, 2.24) is 5.32 Å². The van der Waals surface area contributed by atoms with Crippen LogP contribution >= 0.6 is 11.6 Å². The van der Waals surface area contributed by atoms with E-state index >= 15 is 0 Å². The molecule has 0 bridgehead atoms. The first-order valence-electron chi connectivity index (χ1n) is 5.65. The second kappa shape index (κ2) is 6.58. The van der Waals surface area contributed by atoms with Crippen LogP contribution in [-0.4, -0.2) is 6.04 Å². The van der Waals surface area contributed by atoms with Gasteiger partial charge in [-0.15, -0.1) is 6.42 Å². The van der Waals surface area contributed by atoms with Crippen LogP contribution in [0.3, 0.4) is 0 Å². The molecule has 0 aliphatic heterocycles. The van der Waals surface area contributed by atoms with Gasteiger partial charge in [-0.25, -0.2) is 0 Å². The SMILES string of the molecule is C#CC(CCC)NC(C)c1ccc(Cl)cc1. The molecular formula is C14H18ClN. The first-order chi connectivity index (χ1) is 7.67. The molecule has 1 rings (SSSR count). The van der Waals surface area contributed by atoms with Gasteiger partial charge in [0.2, 0.25) is 0 Å². The van der Waals surface area contributed by atoms with Crippen molar-refractivity contribution < 1.29 is 0 Å². The maximum Gasteiger partial charge on any atom is 0.0691 e. The topological polar surface area (TPSA) is 12.0 Å². The van der Waals surface area contributed by atoms with E-state index in [0.717, 1.165) is 17.9 Å². The van der Waals surface area contributed by atoms with E-state index in [1.807, 2.05) is 24.3 Å². The number of rotatable bonds is 5. The number of nitrogens with one attached hydrogen (secondary N) is 1. The third-order valence-corrected chi connectivity index (χ3v) is 2.85. The van der Waals surface area contributed by atoms with E-state index in [9.17, 15) is 0 Å². The maximum atomic E-state index is 5.85. The van der Waals surface area contributed by atoms with Gasteiger partial charge < -0.3 is 0 Å². The van der Waals surface area contributed by atoms with Crippen molar-refractivity contribution in [1.29, 1.82) is 0 Å². The number of hydrogen-bond donors (Lipinski definition) is 1. The van der Waals surface area contributed by atoms with Gasteiger partial charge in [0.1, 0.15) is 0 Å². The molecule has 0 saturated carbocycles. The second-order valence-electron chi connectivity index (χ2n) is 3.95. The lowest BCUT2D eigenvalue weighted by Gasteiger charge is -2.19. The van der Waals surface area contributed by atoms with Crippen molar-refractivity contribution in [2.45, 2.75) is 38.8 Å². The van der Waals surface area contributed by atoms with Crippen LogP contribution in [0.2, 0.25) is 5.02 Å². The van der Waals surface area contributed by atoms with Crippen molar-refractivity contribution in [3.63, 3.8) is 0 Å². The van der Waals surface area contributed by atoms with Gasteiger partial charge in [-0.2, -0.15) is 0 Å². The van der Waals surface area contributed by atoms with Gasteiger partial charge in [0, 0.05) is 11.1 Å². The van der Waals surface area contributed by atoms with Crippen LogP contribution in [0.4, 0.5) is 0 Å². The zero-order chi connectivity index (χ0) is 12.0. The summed E-state index contributed by atoms with van der Waals surface area (Å²) in [6, 6.07) is 8.26. The summed E-state index contributed by atoms with van der Waals surface area (Å²) in [5.41, 5.74) is 1.21. The summed E-state index contributed by atoms with van der Waals surface area (Å²) in [5, 5.41) is 4.19. The first-order valence-corrected chi connectivity index (χ1v) is 6.02. The molecule has 0 saturated heterocycles. The molecule has 0 heterocycles. The molecule has 2 atom stereocenters. The van der Waals surface area contributed by atoms with Crippen LogP contribution < -0.4 is 5.32 Å². The van der Waals surface area contributed by atoms with Crippen molar-refractivity contribution >= 4 is 11.6 Å². The van der Waals surface area contributed by atoms with E-state index in [2.05, 4.69) is 25.1 Å². The summed E-state index contributed by atoms with van der Waals surface area (Å²) in [5.74, 6) is 2.78. The summed E-state index contributed by atoms with van der Waals surface area (Å²) in [7, 11) is 0. The summed E-state index contributed by atoms with van der Waals surface area (Å²) in [6.07, 6.45) is 7.58. The van der Waals surface area contributed by atoms with E-state index in [1.54, 1.807) is 0 Å². The molecule has 0 aromatic heterocycles. The molecule has 1 aromatic carbocycles. The van der Waals surface area contributed by atoms with Crippen LogP contribution in [0.25, 0.3) is 0 Å². The van der Waals surface area contributed by atoms with E-state index in [-0.39, 0.29) is 12.1 Å². The molecule has 86 valence electrons. The summed E-state index contributed by atoms with van der Waals surface area (Å²) in [6.45, 7) is 4.25. The molecular weight excluding hydrogens is 218 g/mol. The summed E-state index contributed by atoms with van der Waals surface area (Å²) in [4.78, 5) is 0. The van der Waals surface area contributed by atoms with Gasteiger partial charge in [0.15, 0.2) is 0 Å². The number of benzene rings is 1. The van der Waals surface area contributed by atoms with Crippen molar-refractivity contribution in [3.8, 4) is 12.3 Å². The molecule has 1 aromatic rings. The van der Waals surface area contributed by atoms with Gasteiger partial charge in [-0.1, -0.05) is 43.0 Å². The number of halogens is 1. The quantitative estimate of drug-likeness (QED) is 0.766. The fourth-order valence-electron chi connectivity index (χ4n) is 1.65. The van der Waals surface area contributed by atoms with Crippen LogP contribution in [0.1, 0.15) is 38.3 Å². The lowest BCUT2D eigenvalue weighted by atomic mass is 10.1. The Labute approximate surface area is 103 Å². The van der Waals surface area contributed by atoms with Crippen molar-refractivity contribution in [3.05, 3.63) is 34.9 Å². The number of terminal acetylenes is 1. The molecule has 2 heteroatoms. The Morgan fingerprint density at radius 1 is 1.38 bits per heavy atom. The van der Waals surface area contributed by atoms with Crippen molar-refractivity contribution in [2.75, 3.05) is 0 Å². The molecule has 0 amide bonds. The van der Waals surface area contributed by atoms with Crippen LogP contribution in [0.5, 0.6) is 0 Å². The van der Waals surface area contributed by atoms with Crippen LogP contribution in [-0.2, 0) is 0 Å². The standard InChI is InChI=1S/C14H18ClN/c1-4-6-14(5-2)16-11(3)12-7-9-13(15)10-8-12/h2,7-11,14,16H,4,6H2,1,3H3. The monoisotopic (exact) mass is 235 g/mol. The molecule has 16 heavy (non-hydrogen) atoms. The molecule has 0 aliphatic rings. The van der Waals surface area contributed by atoms with Crippen molar-refractivity contribution in [2.24, 2.45) is 0 Å². The normalized spacial score (nSPS) is 14.1. The summed E-state index contributed by atoms with van der Waals surface area (Å²) < 4.78 is 0. The molecule has 2 unspecified atom stereocenters. The lowest BCUT2D eigenvalue weighted by molar-refractivity contribution is 0.495. The molecule has 0 spiro atoms. The fraction of sp³-hybridized carbons (Fsp3) is 0.429. The van der Waals surface area contributed by atoms with Crippen LogP contribution in [0, 0.1) is 12.3 Å².